The molecule has 0 saturated heterocycles. The highest BCUT2D eigenvalue weighted by atomic mass is 32.2. The minimum Gasteiger partial charge on any atom is -0.507 e. The predicted octanol–water partition coefficient (Wildman–Crippen LogP) is 29.8. The number of Topliss-reactive ketones (excluding diaryl/α,β-unsaturated/α-hetero) is 6. The summed E-state index contributed by atoms with van der Waals surface area (Å²) in [6.07, 6.45) is 7.08. The van der Waals surface area contributed by atoms with Crippen molar-refractivity contribution in [1.29, 1.82) is 0 Å². The van der Waals surface area contributed by atoms with E-state index in [1.165, 1.54) is 159 Å². The van der Waals surface area contributed by atoms with E-state index in [1.807, 2.05) is 125 Å². The Balaban J connectivity index is 0.000000148. The summed E-state index contributed by atoms with van der Waals surface area (Å²) in [5.74, 6) is 47.3. The predicted molar refractivity (Wildman–Crippen MR) is 613 cm³/mol. The zero-order valence-electron chi connectivity index (χ0n) is 88.7. The standard InChI is InChI=1S/4C22H22O2S.2C21H20O2S/c1-15(23)18-9-8-17(20(14-18)24-4)7-5-16-6-10-21-19(13-16)22(2,3)11-12-25-21;3*1-15(23)18-9-7-17(14-20(18)24-4)6-5-16-8-10-21-19(13-16)22(2,3)11-12-25-21;2*1-14(22)17-8-6-16(13-19(17)23)5-4-15-7-9-20-18(12-15)21(2,3)10-11-24-20/h6,8-10,13-14H,11-12H2,1-4H3;3*7-10,13-14H,11-12H2,1-4H3;2*6-9,12-13,23H,10-11H2,1-3H3. The molecule has 0 radical (unpaired) electrons. The van der Waals surface area contributed by atoms with Gasteiger partial charge in [0.1, 0.15) is 34.5 Å². The number of phenolic OH excluding ortho intramolecular Hbond substituents is 2. The highest BCUT2D eigenvalue weighted by molar-refractivity contribution is 8.00. The van der Waals surface area contributed by atoms with Crippen molar-refractivity contribution in [2.24, 2.45) is 0 Å². The largest absolute Gasteiger partial charge is 0.507 e. The minimum atomic E-state index is -0.151. The quantitative estimate of drug-likeness (QED) is 0.0974. The Labute approximate surface area is 901 Å². The number of fused-ring (bicyclic) bond motifs is 6. The molecular formula is C130H128O12S6. The van der Waals surface area contributed by atoms with E-state index >= 15 is 0 Å². The van der Waals surface area contributed by atoms with Gasteiger partial charge in [-0.05, 0) is 399 Å². The molecule has 12 nitrogen and oxygen atoms in total. The van der Waals surface area contributed by atoms with Gasteiger partial charge < -0.3 is 29.2 Å². The molecule has 6 aliphatic rings. The number of methoxy groups -OCH3 is 4. The molecule has 756 valence electrons. The second kappa shape index (κ2) is 49.4. The van der Waals surface area contributed by atoms with Gasteiger partial charge in [0.05, 0.1) is 61.8 Å². The first-order valence-electron chi connectivity index (χ1n) is 49.6. The van der Waals surface area contributed by atoms with Crippen molar-refractivity contribution in [3.8, 4) is 106 Å². The number of benzene rings is 12. The topological polar surface area (TPSA) is 180 Å². The molecule has 0 aliphatic carbocycles. The molecule has 0 spiro atoms. The van der Waals surface area contributed by atoms with Gasteiger partial charge in [0.2, 0.25) is 0 Å². The smallest absolute Gasteiger partial charge is 0.163 e. The van der Waals surface area contributed by atoms with Gasteiger partial charge in [-0.15, -0.1) is 70.6 Å². The Morgan fingerprint density at radius 1 is 0.223 bits per heavy atom. The van der Waals surface area contributed by atoms with Crippen LogP contribution in [0.2, 0.25) is 0 Å². The summed E-state index contributed by atoms with van der Waals surface area (Å²) in [7, 11) is 6.32. The van der Waals surface area contributed by atoms with Crippen molar-refractivity contribution in [3.05, 3.63) is 352 Å². The highest BCUT2D eigenvalue weighted by Gasteiger charge is 2.34. The van der Waals surface area contributed by atoms with Gasteiger partial charge in [-0.1, -0.05) is 154 Å². The summed E-state index contributed by atoms with van der Waals surface area (Å²) in [6.45, 7) is 36.5. The molecule has 0 bridgehead atoms. The molecule has 6 aliphatic heterocycles. The first-order chi connectivity index (χ1) is 70.3. The minimum absolute atomic E-state index is 0.00854. The Morgan fingerprint density at radius 2 is 0.412 bits per heavy atom. The zero-order valence-corrected chi connectivity index (χ0v) is 93.6. The van der Waals surface area contributed by atoms with Gasteiger partial charge in [-0.2, -0.15) is 0 Å². The molecule has 0 saturated carbocycles. The molecule has 12 aromatic rings. The molecule has 0 aromatic heterocycles. The van der Waals surface area contributed by atoms with Crippen LogP contribution in [0.25, 0.3) is 0 Å². The maximum atomic E-state index is 11.6. The van der Waals surface area contributed by atoms with Crippen molar-refractivity contribution in [3.63, 3.8) is 0 Å². The Bertz CT molecular complexity index is 7080. The normalized spacial score (nSPS) is 15.0. The SMILES string of the molecule is CC(=O)c1ccc(C#Cc2ccc3c(c2)C(C)(C)CCS3)cc1O.CC(=O)c1ccc(C#Cc2ccc3c(c2)C(C)(C)CCS3)cc1O.COc1cc(C#Cc2ccc3c(c2)C(C)(C)CCS3)ccc1C(C)=O.COc1cc(C#Cc2ccc3c(c2)C(C)(C)CCS3)ccc1C(C)=O.COc1cc(C#Cc2ccc3c(c2)C(C)(C)CCS3)ccc1C(C)=O.COc1cc(C(C)=O)ccc1C#Cc1ccc2c(c1)C(C)(C)CCS2. The zero-order chi connectivity index (χ0) is 107. The van der Waals surface area contributed by atoms with E-state index < -0.39 is 0 Å². The molecule has 18 rings (SSSR count). The van der Waals surface area contributed by atoms with Crippen molar-refractivity contribution in [1.82, 2.24) is 0 Å². The molecule has 6 heterocycles. The van der Waals surface area contributed by atoms with E-state index in [9.17, 15) is 39.0 Å². The van der Waals surface area contributed by atoms with E-state index in [2.05, 4.69) is 251 Å². The maximum absolute atomic E-state index is 11.6. The number of ether oxygens (including phenoxy) is 4. The number of phenols is 2. The maximum Gasteiger partial charge on any atom is 0.163 e. The molecule has 0 fully saturated rings. The van der Waals surface area contributed by atoms with Crippen LogP contribution < -0.4 is 18.9 Å². The Kier molecular flexibility index (Phi) is 37.4. The lowest BCUT2D eigenvalue weighted by Gasteiger charge is -2.32. The third kappa shape index (κ3) is 28.9. The van der Waals surface area contributed by atoms with Crippen LogP contribution in [0.4, 0.5) is 0 Å². The molecule has 0 unspecified atom stereocenters. The third-order valence-electron chi connectivity index (χ3n) is 27.4. The fraction of sp³-hybridized carbons (Fsp3) is 0.308. The van der Waals surface area contributed by atoms with E-state index in [0.29, 0.717) is 67.5 Å². The van der Waals surface area contributed by atoms with Crippen LogP contribution >= 0.6 is 70.6 Å². The fourth-order valence-electron chi connectivity index (χ4n) is 17.7. The molecule has 148 heavy (non-hydrogen) atoms. The van der Waals surface area contributed by atoms with E-state index in [1.54, 1.807) is 102 Å². The van der Waals surface area contributed by atoms with Gasteiger partial charge >= 0.3 is 0 Å². The molecule has 2 N–H and O–H groups in total. The van der Waals surface area contributed by atoms with Gasteiger partial charge in [0.25, 0.3) is 0 Å². The number of aromatic hydroxyl groups is 2. The van der Waals surface area contributed by atoms with E-state index in [4.69, 9.17) is 18.9 Å². The summed E-state index contributed by atoms with van der Waals surface area (Å²) in [6, 6.07) is 70.3. The average molecular weight is 2070 g/mol. The molecule has 0 atom stereocenters. The van der Waals surface area contributed by atoms with Crippen LogP contribution in [0, 0.1) is 71.0 Å². The second-order valence-electron chi connectivity index (χ2n) is 41.1. The van der Waals surface area contributed by atoms with Crippen molar-refractivity contribution >= 4 is 105 Å². The van der Waals surface area contributed by atoms with Crippen LogP contribution in [0.5, 0.6) is 34.5 Å². The number of rotatable bonds is 10. The Morgan fingerprint density at radius 3 is 0.608 bits per heavy atom. The highest BCUT2D eigenvalue weighted by Crippen LogP contribution is 2.48. The monoisotopic (exact) mass is 2070 g/mol. The lowest BCUT2D eigenvalue weighted by molar-refractivity contribution is 0.100. The van der Waals surface area contributed by atoms with Crippen molar-refractivity contribution in [2.75, 3.05) is 63.0 Å². The van der Waals surface area contributed by atoms with Crippen LogP contribution in [0.1, 0.15) is 325 Å². The van der Waals surface area contributed by atoms with Crippen LogP contribution in [-0.2, 0) is 32.5 Å². The summed E-state index contributed by atoms with van der Waals surface area (Å²) in [4.78, 5) is 77.2. The van der Waals surface area contributed by atoms with Gasteiger partial charge in [-0.3, -0.25) is 28.8 Å². The first kappa shape index (κ1) is 112. The second-order valence-corrected chi connectivity index (χ2v) is 47.9. The van der Waals surface area contributed by atoms with Crippen LogP contribution in [0.15, 0.2) is 248 Å². The lowest BCUT2D eigenvalue weighted by atomic mass is 9.81. The summed E-state index contributed by atoms with van der Waals surface area (Å²) in [5, 5.41) is 19.8. The van der Waals surface area contributed by atoms with Crippen LogP contribution in [0.3, 0.4) is 0 Å². The average Bonchev–Trinajstić information content (AvgIpc) is 0.802. The number of hydrogen-bond donors (Lipinski definition) is 2. The van der Waals surface area contributed by atoms with E-state index in [0.717, 1.165) is 67.1 Å². The number of carbonyl (C=O) groups is 6. The number of carbonyl (C=O) groups excluding carboxylic acids is 6. The fourth-order valence-corrected chi connectivity index (χ4v) is 26.7. The molecular weight excluding hydrogens is 1950 g/mol. The first-order valence-corrected chi connectivity index (χ1v) is 55.5. The van der Waals surface area contributed by atoms with E-state index in [-0.39, 0.29) is 78.7 Å². The number of ketones is 6. The van der Waals surface area contributed by atoms with Gasteiger partial charge in [-0.25, -0.2) is 0 Å². The molecule has 12 aromatic carbocycles. The van der Waals surface area contributed by atoms with Crippen molar-refractivity contribution in [2.45, 2.75) is 225 Å². The lowest BCUT2D eigenvalue weighted by Crippen LogP contribution is -2.22. The molecule has 18 heteroatoms. The molecule has 0 amide bonds. The number of hydrogen-bond acceptors (Lipinski definition) is 18. The Hall–Kier alpha value is -13.1. The van der Waals surface area contributed by atoms with Crippen LogP contribution in [-0.4, -0.2) is 108 Å². The third-order valence-corrected chi connectivity index (χ3v) is 33.8. The van der Waals surface area contributed by atoms with Crippen molar-refractivity contribution < 1.29 is 57.9 Å². The summed E-state index contributed by atoms with van der Waals surface area (Å²) < 4.78 is 21.3. The summed E-state index contributed by atoms with van der Waals surface area (Å²) in [5.41, 5.74) is 23.2. The van der Waals surface area contributed by atoms with Gasteiger partial charge in [0, 0.05) is 96.1 Å². The summed E-state index contributed by atoms with van der Waals surface area (Å²) >= 11 is 11.5. The van der Waals surface area contributed by atoms with Gasteiger partial charge in [0.15, 0.2) is 34.7 Å². The number of thioether (sulfide) groups is 6.